The van der Waals surface area contributed by atoms with Gasteiger partial charge in [0, 0.05) is 18.2 Å². The molecule has 1 aliphatic heterocycles. The Hall–Kier alpha value is -1.20. The lowest BCUT2D eigenvalue weighted by atomic mass is 10.0. The molecule has 5 heteroatoms. The summed E-state index contributed by atoms with van der Waals surface area (Å²) < 4.78 is 23.1. The van der Waals surface area contributed by atoms with E-state index in [1.54, 1.807) is 12.1 Å². The quantitative estimate of drug-likeness (QED) is 0.785. The van der Waals surface area contributed by atoms with Gasteiger partial charge in [-0.3, -0.25) is 9.69 Å². The maximum atomic E-state index is 12.4. The summed E-state index contributed by atoms with van der Waals surface area (Å²) in [5, 5.41) is 0. The van der Waals surface area contributed by atoms with Crippen LogP contribution in [0.2, 0.25) is 0 Å². The van der Waals surface area contributed by atoms with E-state index in [1.807, 2.05) is 36.9 Å². The molecule has 1 saturated heterocycles. The molecule has 2 atom stereocenters. The molecule has 0 bridgehead atoms. The van der Waals surface area contributed by atoms with E-state index in [1.165, 1.54) is 0 Å². The summed E-state index contributed by atoms with van der Waals surface area (Å²) in [5.74, 6) is 0.329. The van der Waals surface area contributed by atoms with E-state index >= 15 is 0 Å². The minimum Gasteiger partial charge on any atom is -0.292 e. The second-order valence-electron chi connectivity index (χ2n) is 5.11. The van der Waals surface area contributed by atoms with Crippen LogP contribution in [0, 0.1) is 0 Å². The van der Waals surface area contributed by atoms with Crippen molar-refractivity contribution in [1.29, 1.82) is 0 Å². The Kier molecular flexibility index (Phi) is 4.06. The molecule has 1 aliphatic rings. The number of rotatable bonds is 3. The number of nitrogens with zero attached hydrogens (tertiary/aromatic N) is 1. The predicted molar refractivity (Wildman–Crippen MR) is 75.1 cm³/mol. The van der Waals surface area contributed by atoms with Crippen LogP contribution in [-0.4, -0.2) is 49.2 Å². The van der Waals surface area contributed by atoms with Crippen LogP contribution < -0.4 is 0 Å². The summed E-state index contributed by atoms with van der Waals surface area (Å²) in [6, 6.07) is 8.74. The van der Waals surface area contributed by atoms with Crippen molar-refractivity contribution < 1.29 is 13.2 Å². The smallest absolute Gasteiger partial charge is 0.179 e. The Balaban J connectivity index is 2.12. The SMILES string of the molecule is CC1CS(=O)(=O)CCN1C(C)C(=O)c1ccccc1. The van der Waals surface area contributed by atoms with Crippen molar-refractivity contribution in [2.24, 2.45) is 0 Å². The molecule has 0 radical (unpaired) electrons. The fraction of sp³-hybridized carbons (Fsp3) is 0.500. The first-order valence-electron chi connectivity index (χ1n) is 6.46. The highest BCUT2D eigenvalue weighted by molar-refractivity contribution is 7.91. The summed E-state index contributed by atoms with van der Waals surface area (Å²) >= 11 is 0. The Morgan fingerprint density at radius 1 is 1.32 bits per heavy atom. The number of carbonyl (C=O) groups is 1. The number of hydrogen-bond donors (Lipinski definition) is 0. The molecule has 0 saturated carbocycles. The van der Waals surface area contributed by atoms with Crippen LogP contribution >= 0.6 is 0 Å². The third-order valence-corrected chi connectivity index (χ3v) is 5.45. The Labute approximate surface area is 114 Å². The van der Waals surface area contributed by atoms with Crippen LogP contribution in [0.25, 0.3) is 0 Å². The van der Waals surface area contributed by atoms with E-state index < -0.39 is 9.84 Å². The summed E-state index contributed by atoms with van der Waals surface area (Å²) in [4.78, 5) is 14.3. The number of ketones is 1. The Morgan fingerprint density at radius 3 is 2.53 bits per heavy atom. The van der Waals surface area contributed by atoms with Gasteiger partial charge in [-0.15, -0.1) is 0 Å². The van der Waals surface area contributed by atoms with Crippen LogP contribution in [0.1, 0.15) is 24.2 Å². The lowest BCUT2D eigenvalue weighted by Gasteiger charge is -2.36. The lowest BCUT2D eigenvalue weighted by Crippen LogP contribution is -2.53. The number of hydrogen-bond acceptors (Lipinski definition) is 4. The standard InChI is InChI=1S/C14H19NO3S/c1-11-10-19(17,18)9-8-15(11)12(2)14(16)13-6-4-3-5-7-13/h3-7,11-12H,8-10H2,1-2H3. The van der Waals surface area contributed by atoms with Crippen molar-refractivity contribution in [3.63, 3.8) is 0 Å². The van der Waals surface area contributed by atoms with Gasteiger partial charge in [0.1, 0.15) is 0 Å². The fourth-order valence-electron chi connectivity index (χ4n) is 2.58. The van der Waals surface area contributed by atoms with E-state index in [2.05, 4.69) is 0 Å². The van der Waals surface area contributed by atoms with Gasteiger partial charge in [0.15, 0.2) is 15.6 Å². The van der Waals surface area contributed by atoms with Gasteiger partial charge < -0.3 is 0 Å². The molecule has 0 N–H and O–H groups in total. The zero-order valence-electron chi connectivity index (χ0n) is 11.2. The van der Waals surface area contributed by atoms with Crippen molar-refractivity contribution in [1.82, 2.24) is 4.90 Å². The number of Topliss-reactive ketones (excluding diaryl/α,β-unsaturated/α-hetero) is 1. The minimum atomic E-state index is -2.94. The molecule has 0 amide bonds. The second kappa shape index (κ2) is 5.43. The highest BCUT2D eigenvalue weighted by atomic mass is 32.2. The molecule has 1 heterocycles. The van der Waals surface area contributed by atoms with E-state index in [4.69, 9.17) is 0 Å². The van der Waals surface area contributed by atoms with Crippen molar-refractivity contribution in [3.05, 3.63) is 35.9 Å². The summed E-state index contributed by atoms with van der Waals surface area (Å²) in [6.45, 7) is 4.15. The first-order valence-corrected chi connectivity index (χ1v) is 8.28. The molecular weight excluding hydrogens is 262 g/mol. The largest absolute Gasteiger partial charge is 0.292 e. The molecule has 1 aromatic rings. The first kappa shape index (κ1) is 14.2. The third-order valence-electron chi connectivity index (χ3n) is 3.66. The highest BCUT2D eigenvalue weighted by Gasteiger charge is 2.33. The van der Waals surface area contributed by atoms with Crippen LogP contribution in [0.3, 0.4) is 0 Å². The Morgan fingerprint density at radius 2 is 1.95 bits per heavy atom. The molecule has 1 fully saturated rings. The molecule has 104 valence electrons. The summed E-state index contributed by atoms with van der Waals surface area (Å²) in [6.07, 6.45) is 0. The van der Waals surface area contributed by atoms with Crippen molar-refractivity contribution >= 4 is 15.6 Å². The molecule has 2 unspecified atom stereocenters. The first-order chi connectivity index (χ1) is 8.91. The van der Waals surface area contributed by atoms with E-state index in [-0.39, 0.29) is 29.4 Å². The zero-order valence-corrected chi connectivity index (χ0v) is 12.1. The van der Waals surface area contributed by atoms with Crippen LogP contribution in [0.5, 0.6) is 0 Å². The number of sulfone groups is 1. The molecule has 2 rings (SSSR count). The zero-order chi connectivity index (χ0) is 14.0. The maximum Gasteiger partial charge on any atom is 0.179 e. The Bertz CT molecular complexity index is 553. The van der Waals surface area contributed by atoms with Gasteiger partial charge in [-0.1, -0.05) is 30.3 Å². The van der Waals surface area contributed by atoms with Gasteiger partial charge in [-0.2, -0.15) is 0 Å². The molecular formula is C14H19NO3S. The second-order valence-corrected chi connectivity index (χ2v) is 7.34. The van der Waals surface area contributed by atoms with E-state index in [0.717, 1.165) is 0 Å². The van der Waals surface area contributed by atoms with E-state index in [9.17, 15) is 13.2 Å². The van der Waals surface area contributed by atoms with Crippen LogP contribution in [0.4, 0.5) is 0 Å². The van der Waals surface area contributed by atoms with Gasteiger partial charge in [0.2, 0.25) is 0 Å². The van der Waals surface area contributed by atoms with Crippen molar-refractivity contribution in [2.75, 3.05) is 18.1 Å². The van der Waals surface area contributed by atoms with Gasteiger partial charge >= 0.3 is 0 Å². The molecule has 4 nitrogen and oxygen atoms in total. The summed E-state index contributed by atoms with van der Waals surface area (Å²) in [7, 11) is -2.94. The third kappa shape index (κ3) is 3.22. The summed E-state index contributed by atoms with van der Waals surface area (Å²) in [5.41, 5.74) is 0.677. The average Bonchev–Trinajstić information content (AvgIpc) is 2.37. The van der Waals surface area contributed by atoms with Gasteiger partial charge in [0.05, 0.1) is 17.5 Å². The number of carbonyl (C=O) groups excluding carboxylic acids is 1. The normalized spacial score (nSPS) is 24.8. The molecule has 19 heavy (non-hydrogen) atoms. The molecule has 0 spiro atoms. The topological polar surface area (TPSA) is 54.5 Å². The van der Waals surface area contributed by atoms with E-state index in [0.29, 0.717) is 12.1 Å². The lowest BCUT2D eigenvalue weighted by molar-refractivity contribution is 0.0794. The predicted octanol–water partition coefficient (Wildman–Crippen LogP) is 1.38. The monoisotopic (exact) mass is 281 g/mol. The maximum absolute atomic E-state index is 12.4. The van der Waals surface area contributed by atoms with Crippen molar-refractivity contribution in [3.8, 4) is 0 Å². The fourth-order valence-corrected chi connectivity index (χ4v) is 4.16. The number of benzene rings is 1. The van der Waals surface area contributed by atoms with Crippen LogP contribution in [-0.2, 0) is 9.84 Å². The molecule has 0 aliphatic carbocycles. The molecule has 0 aromatic heterocycles. The molecule has 1 aromatic carbocycles. The van der Waals surface area contributed by atoms with Gasteiger partial charge in [-0.25, -0.2) is 8.42 Å². The van der Waals surface area contributed by atoms with Gasteiger partial charge in [-0.05, 0) is 13.8 Å². The minimum absolute atomic E-state index is 0.0479. The highest BCUT2D eigenvalue weighted by Crippen LogP contribution is 2.17. The van der Waals surface area contributed by atoms with Crippen molar-refractivity contribution in [2.45, 2.75) is 25.9 Å². The van der Waals surface area contributed by atoms with Crippen LogP contribution in [0.15, 0.2) is 30.3 Å². The average molecular weight is 281 g/mol. The van der Waals surface area contributed by atoms with Gasteiger partial charge in [0.25, 0.3) is 0 Å².